The third-order valence-electron chi connectivity index (χ3n) is 3.41. The summed E-state index contributed by atoms with van der Waals surface area (Å²) in [6.07, 6.45) is 3.03. The summed E-state index contributed by atoms with van der Waals surface area (Å²) in [7, 11) is 0. The van der Waals surface area contributed by atoms with E-state index in [1.165, 1.54) is 16.7 Å². The zero-order valence-corrected chi connectivity index (χ0v) is 12.0. The zero-order chi connectivity index (χ0) is 13.7. The fourth-order valence-electron chi connectivity index (χ4n) is 2.14. The Morgan fingerprint density at radius 3 is 2.37 bits per heavy atom. The molecule has 0 radical (unpaired) electrons. The zero-order valence-electron chi connectivity index (χ0n) is 12.0. The van der Waals surface area contributed by atoms with Crippen LogP contribution in [-0.4, -0.2) is 4.98 Å². The molecule has 0 amide bonds. The first-order valence-electron chi connectivity index (χ1n) is 6.90. The molecule has 1 aromatic heterocycles. The Kier molecular flexibility index (Phi) is 4.69. The van der Waals surface area contributed by atoms with E-state index in [1.54, 1.807) is 0 Å². The van der Waals surface area contributed by atoms with Gasteiger partial charge in [-0.05, 0) is 37.5 Å². The van der Waals surface area contributed by atoms with E-state index in [1.807, 2.05) is 13.1 Å². The fraction of sp³-hybridized carbons (Fsp3) is 0.353. The van der Waals surface area contributed by atoms with Crippen LogP contribution in [0.25, 0.3) is 0 Å². The van der Waals surface area contributed by atoms with Gasteiger partial charge < -0.3 is 5.32 Å². The summed E-state index contributed by atoms with van der Waals surface area (Å²) in [5, 5.41) is 3.60. The molecular formula is C17H22N2. The first-order chi connectivity index (χ1) is 9.19. The summed E-state index contributed by atoms with van der Waals surface area (Å²) in [5.41, 5.74) is 4.96. The summed E-state index contributed by atoms with van der Waals surface area (Å²) < 4.78 is 0. The minimum atomic E-state index is 0.405. The molecule has 0 saturated carbocycles. The number of rotatable bonds is 5. The number of nitrogens with zero attached hydrogens (tertiary/aromatic N) is 1. The minimum Gasteiger partial charge on any atom is -0.306 e. The van der Waals surface area contributed by atoms with Gasteiger partial charge in [-0.3, -0.25) is 4.98 Å². The van der Waals surface area contributed by atoms with E-state index in [0.717, 1.165) is 18.7 Å². The van der Waals surface area contributed by atoms with E-state index >= 15 is 0 Å². The Morgan fingerprint density at radius 2 is 1.79 bits per heavy atom. The second-order valence-electron chi connectivity index (χ2n) is 5.06. The molecule has 0 saturated heterocycles. The van der Waals surface area contributed by atoms with Crippen LogP contribution in [0.15, 0.2) is 42.6 Å². The van der Waals surface area contributed by atoms with E-state index in [0.29, 0.717) is 6.04 Å². The Balaban J connectivity index is 1.99. The first kappa shape index (κ1) is 13.8. The Labute approximate surface area is 115 Å². The van der Waals surface area contributed by atoms with Gasteiger partial charge >= 0.3 is 0 Å². The van der Waals surface area contributed by atoms with Crippen LogP contribution in [0.1, 0.15) is 41.8 Å². The van der Waals surface area contributed by atoms with Crippen molar-refractivity contribution in [1.29, 1.82) is 0 Å². The molecule has 1 atom stereocenters. The molecule has 1 N–H and O–H groups in total. The summed E-state index contributed by atoms with van der Waals surface area (Å²) in [5.74, 6) is 0. The second-order valence-corrected chi connectivity index (χ2v) is 5.06. The lowest BCUT2D eigenvalue weighted by Gasteiger charge is -2.17. The molecule has 0 aliphatic rings. The number of hydrogen-bond acceptors (Lipinski definition) is 2. The monoisotopic (exact) mass is 254 g/mol. The molecule has 2 aromatic rings. The number of pyridine rings is 1. The molecular weight excluding hydrogens is 232 g/mol. The Morgan fingerprint density at radius 1 is 1.05 bits per heavy atom. The van der Waals surface area contributed by atoms with Crippen LogP contribution in [0.3, 0.4) is 0 Å². The van der Waals surface area contributed by atoms with Crippen molar-refractivity contribution in [3.8, 4) is 0 Å². The SMILES string of the molecule is CCC(NCc1ccc(C)nc1)c1ccc(C)cc1. The molecule has 0 aliphatic carbocycles. The van der Waals surface area contributed by atoms with Crippen molar-refractivity contribution in [2.24, 2.45) is 0 Å². The second kappa shape index (κ2) is 6.48. The highest BCUT2D eigenvalue weighted by Crippen LogP contribution is 2.17. The molecule has 0 fully saturated rings. The lowest BCUT2D eigenvalue weighted by atomic mass is 10.0. The van der Waals surface area contributed by atoms with Crippen LogP contribution in [0, 0.1) is 13.8 Å². The Bertz CT molecular complexity index is 500. The summed E-state index contributed by atoms with van der Waals surface area (Å²) >= 11 is 0. The maximum Gasteiger partial charge on any atom is 0.0372 e. The first-order valence-corrected chi connectivity index (χ1v) is 6.90. The van der Waals surface area contributed by atoms with Crippen molar-refractivity contribution in [2.75, 3.05) is 0 Å². The minimum absolute atomic E-state index is 0.405. The van der Waals surface area contributed by atoms with Crippen LogP contribution in [0.4, 0.5) is 0 Å². The predicted molar refractivity (Wildman–Crippen MR) is 80.0 cm³/mol. The molecule has 1 heterocycles. The van der Waals surface area contributed by atoms with Crippen molar-refractivity contribution >= 4 is 0 Å². The van der Waals surface area contributed by atoms with E-state index in [2.05, 4.69) is 60.5 Å². The maximum atomic E-state index is 4.33. The number of aromatic nitrogens is 1. The van der Waals surface area contributed by atoms with Crippen molar-refractivity contribution in [2.45, 2.75) is 39.8 Å². The molecule has 2 nitrogen and oxygen atoms in total. The van der Waals surface area contributed by atoms with Crippen LogP contribution in [0.2, 0.25) is 0 Å². The normalized spacial score (nSPS) is 12.4. The van der Waals surface area contributed by atoms with Crippen LogP contribution in [-0.2, 0) is 6.54 Å². The third-order valence-corrected chi connectivity index (χ3v) is 3.41. The van der Waals surface area contributed by atoms with Gasteiger partial charge in [-0.15, -0.1) is 0 Å². The highest BCUT2D eigenvalue weighted by Gasteiger charge is 2.08. The summed E-state index contributed by atoms with van der Waals surface area (Å²) in [6, 6.07) is 13.4. The summed E-state index contributed by atoms with van der Waals surface area (Å²) in [6.45, 7) is 7.21. The molecule has 0 spiro atoms. The fourth-order valence-corrected chi connectivity index (χ4v) is 2.14. The highest BCUT2D eigenvalue weighted by molar-refractivity contribution is 5.24. The quantitative estimate of drug-likeness (QED) is 0.874. The van der Waals surface area contributed by atoms with Gasteiger partial charge in [-0.2, -0.15) is 0 Å². The third kappa shape index (κ3) is 3.90. The standard InChI is InChI=1S/C17H22N2/c1-4-17(16-9-5-13(2)6-10-16)19-12-15-8-7-14(3)18-11-15/h5-11,17,19H,4,12H2,1-3H3. The largest absolute Gasteiger partial charge is 0.306 e. The van der Waals surface area contributed by atoms with Gasteiger partial charge in [0.2, 0.25) is 0 Å². The molecule has 100 valence electrons. The molecule has 1 aromatic carbocycles. The van der Waals surface area contributed by atoms with Gasteiger partial charge in [0, 0.05) is 24.5 Å². The maximum absolute atomic E-state index is 4.33. The van der Waals surface area contributed by atoms with Gasteiger partial charge in [0.15, 0.2) is 0 Å². The average Bonchev–Trinajstić information content (AvgIpc) is 2.43. The van der Waals surface area contributed by atoms with E-state index in [-0.39, 0.29) is 0 Å². The van der Waals surface area contributed by atoms with Gasteiger partial charge in [0.1, 0.15) is 0 Å². The lowest BCUT2D eigenvalue weighted by molar-refractivity contribution is 0.518. The van der Waals surface area contributed by atoms with Crippen molar-refractivity contribution in [1.82, 2.24) is 10.3 Å². The summed E-state index contributed by atoms with van der Waals surface area (Å²) in [4.78, 5) is 4.33. The molecule has 2 rings (SSSR count). The van der Waals surface area contributed by atoms with Gasteiger partial charge in [0.25, 0.3) is 0 Å². The molecule has 1 unspecified atom stereocenters. The average molecular weight is 254 g/mol. The smallest absolute Gasteiger partial charge is 0.0372 e. The number of benzene rings is 1. The molecule has 0 aliphatic heterocycles. The molecule has 2 heteroatoms. The van der Waals surface area contributed by atoms with Gasteiger partial charge in [-0.1, -0.05) is 42.8 Å². The van der Waals surface area contributed by atoms with Crippen molar-refractivity contribution in [3.63, 3.8) is 0 Å². The van der Waals surface area contributed by atoms with Crippen LogP contribution in [0.5, 0.6) is 0 Å². The van der Waals surface area contributed by atoms with Crippen LogP contribution < -0.4 is 5.32 Å². The van der Waals surface area contributed by atoms with E-state index < -0.39 is 0 Å². The van der Waals surface area contributed by atoms with Gasteiger partial charge in [0.05, 0.1) is 0 Å². The van der Waals surface area contributed by atoms with Crippen LogP contribution >= 0.6 is 0 Å². The Hall–Kier alpha value is -1.67. The lowest BCUT2D eigenvalue weighted by Crippen LogP contribution is -2.20. The molecule has 0 bridgehead atoms. The van der Waals surface area contributed by atoms with Crippen molar-refractivity contribution < 1.29 is 0 Å². The van der Waals surface area contributed by atoms with Gasteiger partial charge in [-0.25, -0.2) is 0 Å². The van der Waals surface area contributed by atoms with Crippen molar-refractivity contribution in [3.05, 3.63) is 65.0 Å². The number of nitrogens with one attached hydrogen (secondary N) is 1. The number of hydrogen-bond donors (Lipinski definition) is 1. The number of aryl methyl sites for hydroxylation is 2. The van der Waals surface area contributed by atoms with E-state index in [4.69, 9.17) is 0 Å². The topological polar surface area (TPSA) is 24.9 Å². The highest BCUT2D eigenvalue weighted by atomic mass is 14.9. The molecule has 19 heavy (non-hydrogen) atoms. The van der Waals surface area contributed by atoms with E-state index in [9.17, 15) is 0 Å². The predicted octanol–water partition coefficient (Wildman–Crippen LogP) is 3.94.